The molecule has 0 bridgehead atoms. The van der Waals surface area contributed by atoms with Crippen molar-refractivity contribution in [1.29, 1.82) is 0 Å². The zero-order valence-corrected chi connectivity index (χ0v) is 25.8. The maximum Gasteiger partial charge on any atom is 0.408 e. The Morgan fingerprint density at radius 1 is 0.955 bits per heavy atom. The molecule has 1 amide bonds. The van der Waals surface area contributed by atoms with Gasteiger partial charge in [0.05, 0.1) is 9.79 Å². The Balaban J connectivity index is 1.28. The van der Waals surface area contributed by atoms with Crippen LogP contribution in [0.1, 0.15) is 26.3 Å². The van der Waals surface area contributed by atoms with Gasteiger partial charge < -0.3 is 19.6 Å². The van der Waals surface area contributed by atoms with E-state index < -0.39 is 39.4 Å². The average Bonchev–Trinajstić information content (AvgIpc) is 3.35. The lowest BCUT2D eigenvalue weighted by Gasteiger charge is -2.21. The van der Waals surface area contributed by atoms with Crippen LogP contribution in [0.25, 0.3) is 33.1 Å². The summed E-state index contributed by atoms with van der Waals surface area (Å²) in [7, 11) is -4.02. The number of para-hydroxylation sites is 2. The molecule has 4 aromatic carbocycles. The number of halogens is 1. The predicted octanol–water partition coefficient (Wildman–Crippen LogP) is 7.44. The van der Waals surface area contributed by atoms with Crippen LogP contribution in [0.3, 0.4) is 0 Å². The van der Waals surface area contributed by atoms with E-state index in [4.69, 9.17) is 9.15 Å². The summed E-state index contributed by atoms with van der Waals surface area (Å²) in [5.41, 5.74) is 2.46. The minimum absolute atomic E-state index is 0.0112. The summed E-state index contributed by atoms with van der Waals surface area (Å²) in [5, 5.41) is 13.7. The normalized spacial score (nSPS) is 12.7. The number of hydrogen-bond donors (Lipinski definition) is 2. The van der Waals surface area contributed by atoms with Gasteiger partial charge in [0.25, 0.3) is 0 Å². The van der Waals surface area contributed by atoms with Crippen molar-refractivity contribution in [3.05, 3.63) is 96.3 Å². The molecule has 0 aliphatic rings. The van der Waals surface area contributed by atoms with E-state index in [0.717, 1.165) is 45.3 Å². The topological polar surface area (TPSA) is 123 Å². The number of amides is 1. The number of fused-ring (bicyclic) bond motifs is 3. The van der Waals surface area contributed by atoms with Crippen LogP contribution in [0.4, 0.5) is 9.18 Å². The van der Waals surface area contributed by atoms with Crippen LogP contribution in [-0.4, -0.2) is 43.0 Å². The largest absolute Gasteiger partial charge is 0.480 e. The van der Waals surface area contributed by atoms with Gasteiger partial charge in [0.2, 0.25) is 9.84 Å². The van der Waals surface area contributed by atoms with E-state index in [9.17, 15) is 23.1 Å². The molecule has 0 spiro atoms. The van der Waals surface area contributed by atoms with Crippen LogP contribution < -0.4 is 5.32 Å². The fraction of sp³-hybridized carbons (Fsp3) is 0.212. The van der Waals surface area contributed by atoms with Crippen LogP contribution in [0, 0.1) is 5.82 Å². The first kappa shape index (κ1) is 31.1. The number of furan rings is 1. The zero-order valence-electron chi connectivity index (χ0n) is 24.2. The van der Waals surface area contributed by atoms with Gasteiger partial charge >= 0.3 is 12.1 Å². The number of sulfone groups is 1. The lowest BCUT2D eigenvalue weighted by atomic mass is 10.0. The van der Waals surface area contributed by atoms with Crippen molar-refractivity contribution in [3.63, 3.8) is 0 Å². The molecular formula is C33H30FNO7S2. The fourth-order valence-corrected chi connectivity index (χ4v) is 6.95. The number of aliphatic carboxylic acids is 1. The summed E-state index contributed by atoms with van der Waals surface area (Å²) < 4.78 is 52.9. The molecule has 8 nitrogen and oxygen atoms in total. The Hall–Kier alpha value is -4.35. The highest BCUT2D eigenvalue weighted by molar-refractivity contribution is 7.98. The van der Waals surface area contributed by atoms with Crippen molar-refractivity contribution in [3.8, 4) is 11.1 Å². The highest BCUT2D eigenvalue weighted by Gasteiger charge is 2.25. The summed E-state index contributed by atoms with van der Waals surface area (Å²) in [5.74, 6) is -1.99. The molecule has 228 valence electrons. The van der Waals surface area contributed by atoms with Crippen LogP contribution in [-0.2, 0) is 25.1 Å². The van der Waals surface area contributed by atoms with E-state index in [1.807, 2.05) is 42.5 Å². The van der Waals surface area contributed by atoms with Gasteiger partial charge in [0, 0.05) is 27.8 Å². The highest BCUT2D eigenvalue weighted by Crippen LogP contribution is 2.36. The first-order valence-electron chi connectivity index (χ1n) is 13.7. The maximum absolute atomic E-state index is 15.0. The molecule has 0 aliphatic heterocycles. The van der Waals surface area contributed by atoms with Crippen molar-refractivity contribution in [2.75, 3.05) is 5.75 Å². The monoisotopic (exact) mass is 635 g/mol. The molecule has 5 rings (SSSR count). The Bertz CT molecular complexity index is 1960. The maximum atomic E-state index is 15.0. The first-order valence-corrected chi connectivity index (χ1v) is 16.3. The minimum Gasteiger partial charge on any atom is -0.480 e. The summed E-state index contributed by atoms with van der Waals surface area (Å²) in [4.78, 5) is 23.3. The molecule has 5 aromatic rings. The smallest absolute Gasteiger partial charge is 0.408 e. The number of ether oxygens (including phenoxy) is 1. The Morgan fingerprint density at radius 3 is 2.32 bits per heavy atom. The van der Waals surface area contributed by atoms with Crippen molar-refractivity contribution >= 4 is 55.6 Å². The number of thioether (sulfide) groups is 1. The van der Waals surface area contributed by atoms with Gasteiger partial charge in [-0.25, -0.2) is 22.4 Å². The van der Waals surface area contributed by atoms with E-state index in [1.54, 1.807) is 32.9 Å². The van der Waals surface area contributed by atoms with Crippen molar-refractivity contribution in [1.82, 2.24) is 5.32 Å². The predicted molar refractivity (Wildman–Crippen MR) is 168 cm³/mol. The number of carbonyl (C=O) groups is 2. The molecule has 1 aromatic heterocycles. The number of nitrogens with one attached hydrogen (secondary N) is 1. The van der Waals surface area contributed by atoms with Gasteiger partial charge in [0.1, 0.15) is 28.6 Å². The first-order chi connectivity index (χ1) is 20.8. The number of rotatable bonds is 9. The van der Waals surface area contributed by atoms with Crippen molar-refractivity contribution < 1.29 is 36.7 Å². The summed E-state index contributed by atoms with van der Waals surface area (Å²) >= 11 is 1.08. The number of carbonyl (C=O) groups excluding carboxylic acids is 1. The third-order valence-electron chi connectivity index (χ3n) is 6.75. The molecular weight excluding hydrogens is 605 g/mol. The van der Waals surface area contributed by atoms with Gasteiger partial charge in [0.15, 0.2) is 0 Å². The summed E-state index contributed by atoms with van der Waals surface area (Å²) in [6.07, 6.45) is -0.870. The number of carboxylic acids is 1. The molecule has 1 heterocycles. The molecule has 1 atom stereocenters. The molecule has 0 aliphatic carbocycles. The molecule has 2 N–H and O–H groups in total. The van der Waals surface area contributed by atoms with E-state index >= 15 is 4.39 Å². The lowest BCUT2D eigenvalue weighted by Crippen LogP contribution is -2.44. The van der Waals surface area contributed by atoms with Crippen molar-refractivity contribution in [2.45, 2.75) is 48.0 Å². The van der Waals surface area contributed by atoms with Crippen LogP contribution >= 0.6 is 11.8 Å². The number of carboxylic acid groups (broad SMARTS) is 1. The summed E-state index contributed by atoms with van der Waals surface area (Å²) in [6, 6.07) is 22.3. The fourth-order valence-electron chi connectivity index (χ4n) is 4.65. The molecule has 0 saturated heterocycles. The standard InChI is InChI=1S/C33H30FNO7S2/c1-33(2,3)42-32(38)35-28(31(36)37)19-43-18-21-13-16-23(17-27(21)34)44(39,40)22-14-11-20(12-15-22)24-8-6-9-26-25-7-4-5-10-29(25)41-30(24)26/h4-17,28H,18-19H2,1-3H3,(H,35,38)(H,36,37). The quantitative estimate of drug-likeness (QED) is 0.171. The zero-order chi connectivity index (χ0) is 31.6. The van der Waals surface area contributed by atoms with Gasteiger partial charge in [-0.2, -0.15) is 11.8 Å². The number of benzene rings is 4. The summed E-state index contributed by atoms with van der Waals surface area (Å²) in [6.45, 7) is 4.97. The number of alkyl carbamates (subject to hydrolysis) is 1. The van der Waals surface area contributed by atoms with E-state index in [-0.39, 0.29) is 26.9 Å². The number of hydrogen-bond acceptors (Lipinski definition) is 7. The Morgan fingerprint density at radius 2 is 1.64 bits per heavy atom. The van der Waals surface area contributed by atoms with E-state index in [1.165, 1.54) is 24.3 Å². The third-order valence-corrected chi connectivity index (χ3v) is 9.60. The van der Waals surface area contributed by atoms with Crippen LogP contribution in [0.15, 0.2) is 99.1 Å². The van der Waals surface area contributed by atoms with Gasteiger partial charge in [-0.05, 0) is 62.2 Å². The highest BCUT2D eigenvalue weighted by atomic mass is 32.2. The average molecular weight is 636 g/mol. The second kappa shape index (κ2) is 12.3. The molecule has 11 heteroatoms. The lowest BCUT2D eigenvalue weighted by molar-refractivity contribution is -0.138. The Labute approximate surface area is 258 Å². The minimum atomic E-state index is -4.02. The second-order valence-electron chi connectivity index (χ2n) is 11.1. The SMILES string of the molecule is CC(C)(C)OC(=O)NC(CSCc1ccc(S(=O)(=O)c2ccc(-c3cccc4c3oc3ccccc34)cc2)cc1F)C(=O)O. The van der Waals surface area contributed by atoms with Crippen molar-refractivity contribution in [2.24, 2.45) is 0 Å². The Kier molecular flexibility index (Phi) is 8.71. The second-order valence-corrected chi connectivity index (χ2v) is 14.1. The van der Waals surface area contributed by atoms with Crippen LogP contribution in [0.5, 0.6) is 0 Å². The van der Waals surface area contributed by atoms with Gasteiger partial charge in [-0.3, -0.25) is 0 Å². The van der Waals surface area contributed by atoms with Crippen LogP contribution in [0.2, 0.25) is 0 Å². The molecule has 44 heavy (non-hydrogen) atoms. The van der Waals surface area contributed by atoms with Gasteiger partial charge in [-0.15, -0.1) is 0 Å². The third kappa shape index (κ3) is 6.74. The van der Waals surface area contributed by atoms with E-state index in [2.05, 4.69) is 5.32 Å². The van der Waals surface area contributed by atoms with Gasteiger partial charge in [-0.1, -0.05) is 54.6 Å². The molecule has 0 saturated carbocycles. The molecule has 0 radical (unpaired) electrons. The van der Waals surface area contributed by atoms with E-state index in [0.29, 0.717) is 5.58 Å². The molecule has 1 unspecified atom stereocenters. The molecule has 0 fully saturated rings.